The molecule has 1 aliphatic rings. The topological polar surface area (TPSA) is 37.0 Å². The van der Waals surface area contributed by atoms with Crippen molar-refractivity contribution in [1.29, 1.82) is 0 Å². The molecule has 0 bridgehead atoms. The van der Waals surface area contributed by atoms with Crippen LogP contribution in [0, 0.1) is 5.82 Å². The minimum absolute atomic E-state index is 0.117. The largest absolute Gasteiger partial charge is 0.433 e. The summed E-state index contributed by atoms with van der Waals surface area (Å²) in [5, 5.41) is 6.62. The lowest BCUT2D eigenvalue weighted by molar-refractivity contribution is -0.141. The van der Waals surface area contributed by atoms with Crippen molar-refractivity contribution in [2.45, 2.75) is 44.9 Å². The zero-order valence-corrected chi connectivity index (χ0v) is 15.1. The van der Waals surface area contributed by atoms with Gasteiger partial charge in [0.05, 0.1) is 0 Å². The molecule has 144 valence electrons. The van der Waals surface area contributed by atoms with Crippen LogP contribution < -0.4 is 10.6 Å². The van der Waals surface area contributed by atoms with Crippen LogP contribution in [0.15, 0.2) is 48.4 Å². The lowest BCUT2D eigenvalue weighted by atomic mass is 10.0. The predicted octanol–water partition coefficient (Wildman–Crippen LogP) is 5.17. The maximum Gasteiger partial charge on any atom is 0.433 e. The Labute approximate surface area is 155 Å². The summed E-state index contributed by atoms with van der Waals surface area (Å²) in [6, 6.07) is 7.11. The SMILES string of the molecule is CCC1CC(NC(C)c2ccc(-c3ccnc(C(F)(F)F)c3)c(F)c2)=CN1. The van der Waals surface area contributed by atoms with Gasteiger partial charge < -0.3 is 10.6 Å². The van der Waals surface area contributed by atoms with Gasteiger partial charge in [-0.05, 0) is 42.7 Å². The number of rotatable bonds is 5. The summed E-state index contributed by atoms with van der Waals surface area (Å²) < 4.78 is 53.1. The molecule has 2 N–H and O–H groups in total. The van der Waals surface area contributed by atoms with Gasteiger partial charge in [-0.25, -0.2) is 4.39 Å². The third kappa shape index (κ3) is 4.40. The Bertz CT molecular complexity index is 845. The van der Waals surface area contributed by atoms with Crippen molar-refractivity contribution in [3.05, 3.63) is 65.5 Å². The van der Waals surface area contributed by atoms with Gasteiger partial charge in [0.1, 0.15) is 11.5 Å². The van der Waals surface area contributed by atoms with Crippen LogP contribution in [-0.4, -0.2) is 11.0 Å². The van der Waals surface area contributed by atoms with Gasteiger partial charge in [0.15, 0.2) is 0 Å². The number of halogens is 4. The molecule has 7 heteroatoms. The van der Waals surface area contributed by atoms with Gasteiger partial charge in [-0.1, -0.05) is 19.1 Å². The van der Waals surface area contributed by atoms with Crippen molar-refractivity contribution in [2.24, 2.45) is 0 Å². The van der Waals surface area contributed by atoms with E-state index in [2.05, 4.69) is 22.5 Å². The normalized spacial score (nSPS) is 18.0. The van der Waals surface area contributed by atoms with Gasteiger partial charge in [-0.2, -0.15) is 13.2 Å². The van der Waals surface area contributed by atoms with E-state index in [0.29, 0.717) is 6.04 Å². The molecule has 3 rings (SSSR count). The fourth-order valence-corrected chi connectivity index (χ4v) is 3.11. The summed E-state index contributed by atoms with van der Waals surface area (Å²) in [6.07, 6.45) is 0.318. The van der Waals surface area contributed by atoms with Crippen LogP contribution in [0.5, 0.6) is 0 Å². The minimum atomic E-state index is -4.57. The molecule has 1 aromatic carbocycles. The van der Waals surface area contributed by atoms with Gasteiger partial charge in [0, 0.05) is 42.2 Å². The molecule has 0 amide bonds. The molecule has 0 spiro atoms. The number of nitrogens with one attached hydrogen (secondary N) is 2. The van der Waals surface area contributed by atoms with E-state index in [-0.39, 0.29) is 17.2 Å². The summed E-state index contributed by atoms with van der Waals surface area (Å²) >= 11 is 0. The summed E-state index contributed by atoms with van der Waals surface area (Å²) in [4.78, 5) is 3.31. The van der Waals surface area contributed by atoms with Crippen LogP contribution in [0.2, 0.25) is 0 Å². The number of nitrogens with zero attached hydrogens (tertiary/aromatic N) is 1. The highest BCUT2D eigenvalue weighted by atomic mass is 19.4. The van der Waals surface area contributed by atoms with Crippen LogP contribution in [0.4, 0.5) is 17.6 Å². The molecule has 0 saturated heterocycles. The number of pyridine rings is 1. The highest BCUT2D eigenvalue weighted by molar-refractivity contribution is 5.64. The molecule has 0 fully saturated rings. The number of alkyl halides is 3. The Balaban J connectivity index is 1.78. The Morgan fingerprint density at radius 2 is 2.04 bits per heavy atom. The van der Waals surface area contributed by atoms with E-state index < -0.39 is 17.7 Å². The highest BCUT2D eigenvalue weighted by Crippen LogP contribution is 2.32. The van der Waals surface area contributed by atoms with Crippen LogP contribution in [0.25, 0.3) is 11.1 Å². The molecule has 0 radical (unpaired) electrons. The Hall–Kier alpha value is -2.57. The monoisotopic (exact) mass is 379 g/mol. The number of benzene rings is 1. The first-order chi connectivity index (χ1) is 12.8. The molecular weight excluding hydrogens is 358 g/mol. The Kier molecular flexibility index (Phi) is 5.39. The minimum Gasteiger partial charge on any atom is -0.386 e. The molecule has 27 heavy (non-hydrogen) atoms. The lowest BCUT2D eigenvalue weighted by Crippen LogP contribution is -2.20. The average molecular weight is 379 g/mol. The molecule has 1 aromatic heterocycles. The van der Waals surface area contributed by atoms with Crippen molar-refractivity contribution in [3.63, 3.8) is 0 Å². The second-order valence-electron chi connectivity index (χ2n) is 6.68. The first-order valence-corrected chi connectivity index (χ1v) is 8.82. The van der Waals surface area contributed by atoms with Crippen molar-refractivity contribution in [1.82, 2.24) is 15.6 Å². The van der Waals surface area contributed by atoms with E-state index in [1.165, 1.54) is 18.2 Å². The van der Waals surface area contributed by atoms with Crippen LogP contribution >= 0.6 is 0 Å². The van der Waals surface area contributed by atoms with Crippen LogP contribution in [0.1, 0.15) is 44.0 Å². The van der Waals surface area contributed by atoms with Gasteiger partial charge in [-0.3, -0.25) is 4.98 Å². The third-order valence-corrected chi connectivity index (χ3v) is 4.71. The zero-order chi connectivity index (χ0) is 19.6. The van der Waals surface area contributed by atoms with E-state index in [1.54, 1.807) is 6.07 Å². The fraction of sp³-hybridized carbons (Fsp3) is 0.350. The second kappa shape index (κ2) is 7.58. The Morgan fingerprint density at radius 1 is 1.26 bits per heavy atom. The molecule has 0 saturated carbocycles. The predicted molar refractivity (Wildman–Crippen MR) is 96.1 cm³/mol. The van der Waals surface area contributed by atoms with Gasteiger partial charge >= 0.3 is 6.18 Å². The molecule has 2 aromatic rings. The molecule has 1 aliphatic heterocycles. The lowest BCUT2D eigenvalue weighted by Gasteiger charge is -2.18. The van der Waals surface area contributed by atoms with Crippen molar-refractivity contribution >= 4 is 0 Å². The Morgan fingerprint density at radius 3 is 2.67 bits per heavy atom. The molecule has 0 aliphatic carbocycles. The molecule has 3 nitrogen and oxygen atoms in total. The molecule has 2 heterocycles. The number of hydrogen-bond acceptors (Lipinski definition) is 3. The van der Waals surface area contributed by atoms with E-state index >= 15 is 0 Å². The van der Waals surface area contributed by atoms with Crippen molar-refractivity contribution in [2.75, 3.05) is 0 Å². The van der Waals surface area contributed by atoms with Gasteiger partial charge in [0.25, 0.3) is 0 Å². The molecular formula is C20H21F4N3. The zero-order valence-electron chi connectivity index (χ0n) is 15.1. The van der Waals surface area contributed by atoms with Crippen molar-refractivity contribution in [3.8, 4) is 11.1 Å². The average Bonchev–Trinajstić information content (AvgIpc) is 3.08. The second-order valence-corrected chi connectivity index (χ2v) is 6.68. The summed E-state index contributed by atoms with van der Waals surface area (Å²) in [5.74, 6) is -0.564. The smallest absolute Gasteiger partial charge is 0.386 e. The first kappa shape index (κ1) is 19.2. The number of aromatic nitrogens is 1. The van der Waals surface area contributed by atoms with E-state index in [0.717, 1.165) is 36.4 Å². The van der Waals surface area contributed by atoms with E-state index in [1.807, 2.05) is 13.1 Å². The van der Waals surface area contributed by atoms with Crippen LogP contribution in [0.3, 0.4) is 0 Å². The summed E-state index contributed by atoms with van der Waals surface area (Å²) in [7, 11) is 0. The van der Waals surface area contributed by atoms with E-state index in [9.17, 15) is 17.6 Å². The maximum atomic E-state index is 14.6. The highest BCUT2D eigenvalue weighted by Gasteiger charge is 2.32. The van der Waals surface area contributed by atoms with Crippen molar-refractivity contribution < 1.29 is 17.6 Å². The summed E-state index contributed by atoms with van der Waals surface area (Å²) in [5.41, 5.74) is 1.01. The third-order valence-electron chi connectivity index (χ3n) is 4.71. The van der Waals surface area contributed by atoms with Gasteiger partial charge in [0.2, 0.25) is 0 Å². The first-order valence-electron chi connectivity index (χ1n) is 8.82. The quantitative estimate of drug-likeness (QED) is 0.704. The maximum absolute atomic E-state index is 14.6. The van der Waals surface area contributed by atoms with Crippen LogP contribution in [-0.2, 0) is 6.18 Å². The summed E-state index contributed by atoms with van der Waals surface area (Å²) in [6.45, 7) is 4.03. The standard InChI is InChI=1S/C20H21F4N3/c1-3-15-10-16(11-26-15)27-12(2)13-4-5-17(18(21)8-13)14-6-7-25-19(9-14)20(22,23)24/h4-9,11-12,15,26-27H,3,10H2,1-2H3. The van der Waals surface area contributed by atoms with E-state index in [4.69, 9.17) is 0 Å². The number of hydrogen-bond donors (Lipinski definition) is 2. The molecule has 2 atom stereocenters. The fourth-order valence-electron chi connectivity index (χ4n) is 3.11. The molecule has 2 unspecified atom stereocenters. The van der Waals surface area contributed by atoms with Gasteiger partial charge in [-0.15, -0.1) is 0 Å².